The molecule has 0 spiro atoms. The average molecular weight is 206 g/mol. The summed E-state index contributed by atoms with van der Waals surface area (Å²) < 4.78 is 12.9. The zero-order chi connectivity index (χ0) is 11.0. The number of halogens is 1. The van der Waals surface area contributed by atoms with Crippen molar-refractivity contribution in [3.63, 3.8) is 0 Å². The minimum Gasteiger partial charge on any atom is -0.364 e. The maximum atomic E-state index is 12.9. The molecular formula is C10H7FN2O2. The number of pyridine rings is 1. The van der Waals surface area contributed by atoms with Crippen molar-refractivity contribution in [1.29, 1.82) is 0 Å². The molecule has 1 aromatic heterocycles. The smallest absolute Gasteiger partial charge is 0.265 e. The van der Waals surface area contributed by atoms with E-state index in [-0.39, 0.29) is 5.69 Å². The van der Waals surface area contributed by atoms with Crippen molar-refractivity contribution in [3.8, 4) is 0 Å². The van der Waals surface area contributed by atoms with Gasteiger partial charge < -0.3 is 10.7 Å². The topological polar surface area (TPSA) is 76.0 Å². The number of carbonyl (C=O) groups is 1. The summed E-state index contributed by atoms with van der Waals surface area (Å²) in [5.41, 5.74) is 4.52. The van der Waals surface area contributed by atoms with Gasteiger partial charge in [0.2, 0.25) is 0 Å². The van der Waals surface area contributed by atoms with Gasteiger partial charge in [0, 0.05) is 5.39 Å². The number of fused-ring (bicyclic) bond motifs is 1. The van der Waals surface area contributed by atoms with Gasteiger partial charge in [-0.2, -0.15) is 0 Å². The third-order valence-electron chi connectivity index (χ3n) is 2.07. The highest BCUT2D eigenvalue weighted by molar-refractivity contribution is 5.95. The lowest BCUT2D eigenvalue weighted by Crippen LogP contribution is -2.18. The molecule has 0 fully saturated rings. The molecule has 5 heteroatoms. The van der Waals surface area contributed by atoms with Gasteiger partial charge in [0.05, 0.1) is 0 Å². The standard InChI is InChI=1S/C10H7FN2O2/c11-6-1-2-7-5(3-6)4-8(9(12)14)13-10(7)15/h1-4H,(H2,12,14)(H,13,15). The second kappa shape index (κ2) is 3.20. The maximum Gasteiger partial charge on any atom is 0.265 e. The summed E-state index contributed by atoms with van der Waals surface area (Å²) in [7, 11) is 0. The second-order valence-corrected chi connectivity index (χ2v) is 3.11. The Morgan fingerprint density at radius 3 is 2.73 bits per heavy atom. The summed E-state index contributed by atoms with van der Waals surface area (Å²) in [6, 6.07) is 5.06. The number of benzene rings is 1. The molecule has 2 aromatic rings. The number of nitrogens with one attached hydrogen (secondary N) is 1. The molecule has 3 N–H and O–H groups in total. The lowest BCUT2D eigenvalue weighted by Gasteiger charge is -1.99. The summed E-state index contributed by atoms with van der Waals surface area (Å²) >= 11 is 0. The molecule has 4 nitrogen and oxygen atoms in total. The summed E-state index contributed by atoms with van der Waals surface area (Å²) in [6.07, 6.45) is 0. The van der Waals surface area contributed by atoms with Crippen LogP contribution in [0, 0.1) is 5.82 Å². The van der Waals surface area contributed by atoms with Gasteiger partial charge in [-0.25, -0.2) is 4.39 Å². The van der Waals surface area contributed by atoms with Crippen LogP contribution in [-0.4, -0.2) is 10.9 Å². The number of hydrogen-bond acceptors (Lipinski definition) is 2. The first-order valence-corrected chi connectivity index (χ1v) is 4.20. The largest absolute Gasteiger partial charge is 0.364 e. The Hall–Kier alpha value is -2.17. The molecule has 1 heterocycles. The van der Waals surface area contributed by atoms with E-state index in [2.05, 4.69) is 4.98 Å². The Morgan fingerprint density at radius 2 is 2.07 bits per heavy atom. The number of H-pyrrole nitrogens is 1. The molecule has 0 saturated carbocycles. The Bertz CT molecular complexity index is 604. The van der Waals surface area contributed by atoms with Crippen LogP contribution in [0.4, 0.5) is 4.39 Å². The molecule has 0 aliphatic carbocycles. The van der Waals surface area contributed by atoms with Gasteiger partial charge in [0.15, 0.2) is 0 Å². The van der Waals surface area contributed by atoms with Crippen LogP contribution in [0.3, 0.4) is 0 Å². The monoisotopic (exact) mass is 206 g/mol. The van der Waals surface area contributed by atoms with E-state index in [0.717, 1.165) is 0 Å². The molecule has 0 atom stereocenters. The number of hydrogen-bond donors (Lipinski definition) is 2. The van der Waals surface area contributed by atoms with E-state index in [9.17, 15) is 14.0 Å². The molecule has 76 valence electrons. The van der Waals surface area contributed by atoms with Gasteiger partial charge >= 0.3 is 0 Å². The lowest BCUT2D eigenvalue weighted by molar-refractivity contribution is 0.0995. The van der Waals surface area contributed by atoms with Crippen molar-refractivity contribution in [3.05, 3.63) is 46.1 Å². The highest BCUT2D eigenvalue weighted by Crippen LogP contribution is 2.12. The van der Waals surface area contributed by atoms with Crippen LogP contribution in [0.15, 0.2) is 29.1 Å². The summed E-state index contributed by atoms with van der Waals surface area (Å²) in [5, 5.41) is 0.675. The van der Waals surface area contributed by atoms with Crippen LogP contribution < -0.4 is 11.3 Å². The first kappa shape index (κ1) is 9.39. The van der Waals surface area contributed by atoms with Crippen LogP contribution in [0.25, 0.3) is 10.8 Å². The van der Waals surface area contributed by atoms with Gasteiger partial charge in [-0.3, -0.25) is 9.59 Å². The van der Waals surface area contributed by atoms with E-state index in [4.69, 9.17) is 5.73 Å². The van der Waals surface area contributed by atoms with E-state index in [1.54, 1.807) is 0 Å². The first-order chi connectivity index (χ1) is 7.08. The van der Waals surface area contributed by atoms with Crippen molar-refractivity contribution in [1.82, 2.24) is 4.98 Å². The fourth-order valence-corrected chi connectivity index (χ4v) is 1.37. The fraction of sp³-hybridized carbons (Fsp3) is 0. The average Bonchev–Trinajstić information content (AvgIpc) is 2.16. The number of primary amides is 1. The minimum absolute atomic E-state index is 0.0295. The van der Waals surface area contributed by atoms with Crippen LogP contribution in [0.1, 0.15) is 10.5 Å². The molecule has 0 bridgehead atoms. The van der Waals surface area contributed by atoms with Gasteiger partial charge in [-0.1, -0.05) is 0 Å². The summed E-state index contributed by atoms with van der Waals surface area (Å²) in [4.78, 5) is 24.6. The molecule has 0 unspecified atom stereocenters. The van der Waals surface area contributed by atoms with Crippen molar-refractivity contribution < 1.29 is 9.18 Å². The van der Waals surface area contributed by atoms with Crippen LogP contribution in [0.5, 0.6) is 0 Å². The van der Waals surface area contributed by atoms with Gasteiger partial charge in [0.25, 0.3) is 11.5 Å². The minimum atomic E-state index is -0.752. The predicted octanol–water partition coefficient (Wildman–Crippen LogP) is 0.766. The third-order valence-corrected chi connectivity index (χ3v) is 2.07. The van der Waals surface area contributed by atoms with Crippen molar-refractivity contribution in [2.75, 3.05) is 0 Å². The Morgan fingerprint density at radius 1 is 1.33 bits per heavy atom. The first-order valence-electron chi connectivity index (χ1n) is 4.20. The Kier molecular flexibility index (Phi) is 2.00. The zero-order valence-electron chi connectivity index (χ0n) is 7.58. The molecule has 0 saturated heterocycles. The quantitative estimate of drug-likeness (QED) is 0.722. The van der Waals surface area contributed by atoms with Gasteiger partial charge in [-0.05, 0) is 29.7 Å². The molecular weight excluding hydrogens is 199 g/mol. The highest BCUT2D eigenvalue weighted by Gasteiger charge is 2.06. The number of aromatic amines is 1. The zero-order valence-corrected chi connectivity index (χ0v) is 7.58. The molecule has 15 heavy (non-hydrogen) atoms. The van der Waals surface area contributed by atoms with E-state index >= 15 is 0 Å². The van der Waals surface area contributed by atoms with E-state index in [0.29, 0.717) is 10.8 Å². The van der Waals surface area contributed by atoms with Crippen LogP contribution in [-0.2, 0) is 0 Å². The number of amides is 1. The second-order valence-electron chi connectivity index (χ2n) is 3.11. The molecule has 1 amide bonds. The molecule has 0 aliphatic heterocycles. The molecule has 0 radical (unpaired) electrons. The van der Waals surface area contributed by atoms with Crippen molar-refractivity contribution in [2.45, 2.75) is 0 Å². The maximum absolute atomic E-state index is 12.9. The van der Waals surface area contributed by atoms with Crippen LogP contribution >= 0.6 is 0 Å². The normalized spacial score (nSPS) is 10.5. The van der Waals surface area contributed by atoms with Gasteiger partial charge in [-0.15, -0.1) is 0 Å². The SMILES string of the molecule is NC(=O)c1cc2cc(F)ccc2c(=O)[nH]1. The number of carbonyl (C=O) groups excluding carboxylic acids is 1. The fourth-order valence-electron chi connectivity index (χ4n) is 1.37. The summed E-state index contributed by atoms with van der Waals surface area (Å²) in [5.74, 6) is -1.22. The van der Waals surface area contributed by atoms with E-state index in [1.807, 2.05) is 0 Å². The van der Waals surface area contributed by atoms with Crippen molar-refractivity contribution >= 4 is 16.7 Å². The Labute approximate surface area is 83.5 Å². The Balaban J connectivity index is 2.85. The predicted molar refractivity (Wildman–Crippen MR) is 53.0 cm³/mol. The van der Waals surface area contributed by atoms with E-state index < -0.39 is 17.3 Å². The lowest BCUT2D eigenvalue weighted by atomic mass is 10.1. The van der Waals surface area contributed by atoms with Gasteiger partial charge in [0.1, 0.15) is 11.5 Å². The van der Waals surface area contributed by atoms with Crippen molar-refractivity contribution in [2.24, 2.45) is 5.73 Å². The molecule has 0 aliphatic rings. The number of aromatic nitrogens is 1. The summed E-state index contributed by atoms with van der Waals surface area (Å²) in [6.45, 7) is 0. The molecule has 2 rings (SSSR count). The number of nitrogens with two attached hydrogens (primary N) is 1. The molecule has 1 aromatic carbocycles. The number of rotatable bonds is 1. The van der Waals surface area contributed by atoms with E-state index in [1.165, 1.54) is 24.3 Å². The van der Waals surface area contributed by atoms with Crippen LogP contribution in [0.2, 0.25) is 0 Å². The third kappa shape index (κ3) is 1.59. The highest BCUT2D eigenvalue weighted by atomic mass is 19.1.